The molecule has 4 N–H and O–H groups in total. The Morgan fingerprint density at radius 1 is 1.00 bits per heavy atom. The molecule has 2 aromatic rings. The molecule has 4 nitrogen and oxygen atoms in total. The van der Waals surface area contributed by atoms with E-state index in [9.17, 15) is 4.79 Å². The lowest BCUT2D eigenvalue weighted by atomic mass is 9.84. The Labute approximate surface area is 155 Å². The maximum Gasteiger partial charge on any atom is 0.229 e. The summed E-state index contributed by atoms with van der Waals surface area (Å²) in [7, 11) is 0. The number of carbonyl (C=O) groups is 1. The lowest BCUT2D eigenvalue weighted by molar-refractivity contribution is -0.121. The molecule has 0 aromatic heterocycles. The zero-order valence-corrected chi connectivity index (χ0v) is 15.2. The number of amides is 1. The third-order valence-corrected chi connectivity index (χ3v) is 6.12. The molecule has 0 spiro atoms. The second-order valence-electron chi connectivity index (χ2n) is 7.78. The van der Waals surface area contributed by atoms with E-state index in [1.54, 1.807) is 0 Å². The van der Waals surface area contributed by atoms with Gasteiger partial charge in [-0.1, -0.05) is 30.3 Å². The number of carbonyl (C=O) groups excluding carboxylic acids is 1. The lowest BCUT2D eigenvalue weighted by Crippen LogP contribution is -2.42. The van der Waals surface area contributed by atoms with Gasteiger partial charge in [0.1, 0.15) is 0 Å². The summed E-state index contributed by atoms with van der Waals surface area (Å²) in [6, 6.07) is 18.5. The first-order valence-corrected chi connectivity index (χ1v) is 9.60. The van der Waals surface area contributed by atoms with Gasteiger partial charge in [0, 0.05) is 23.5 Å². The summed E-state index contributed by atoms with van der Waals surface area (Å²) in [5.74, 6) is 1.08. The molecule has 2 aliphatic rings. The third kappa shape index (κ3) is 3.34. The van der Waals surface area contributed by atoms with Crippen LogP contribution >= 0.6 is 0 Å². The topological polar surface area (TPSA) is 67.1 Å². The van der Waals surface area contributed by atoms with Crippen LogP contribution in [0.1, 0.15) is 37.8 Å². The zero-order chi connectivity index (χ0) is 18.1. The number of benzene rings is 2. The van der Waals surface area contributed by atoms with Crippen molar-refractivity contribution in [1.82, 2.24) is 0 Å². The summed E-state index contributed by atoms with van der Waals surface area (Å²) in [5, 5.41) is 6.55. The van der Waals surface area contributed by atoms with Gasteiger partial charge in [-0.25, -0.2) is 0 Å². The van der Waals surface area contributed by atoms with Crippen LogP contribution in [0.2, 0.25) is 0 Å². The van der Waals surface area contributed by atoms with Gasteiger partial charge in [0.25, 0.3) is 0 Å². The van der Waals surface area contributed by atoms with Crippen molar-refractivity contribution >= 4 is 17.3 Å². The first-order valence-electron chi connectivity index (χ1n) is 9.60. The predicted octanol–water partition coefficient (Wildman–Crippen LogP) is 4.17. The highest BCUT2D eigenvalue weighted by Gasteiger charge is 2.49. The summed E-state index contributed by atoms with van der Waals surface area (Å²) in [5.41, 5.74) is 9.40. The third-order valence-electron chi connectivity index (χ3n) is 6.12. The van der Waals surface area contributed by atoms with E-state index < -0.39 is 0 Å². The van der Waals surface area contributed by atoms with Gasteiger partial charge in [-0.05, 0) is 67.9 Å². The Bertz CT molecular complexity index is 757. The summed E-state index contributed by atoms with van der Waals surface area (Å²) in [6.07, 6.45) is 3.46. The molecule has 2 bridgehead atoms. The highest BCUT2D eigenvalue weighted by molar-refractivity contribution is 5.93. The zero-order valence-electron chi connectivity index (χ0n) is 15.2. The Hall–Kier alpha value is -2.33. The minimum Gasteiger partial charge on any atom is -0.379 e. The van der Waals surface area contributed by atoms with Crippen molar-refractivity contribution in [3.63, 3.8) is 0 Å². The molecule has 2 fully saturated rings. The van der Waals surface area contributed by atoms with E-state index in [2.05, 4.69) is 29.7 Å². The predicted molar refractivity (Wildman–Crippen MR) is 106 cm³/mol. The Morgan fingerprint density at radius 2 is 1.65 bits per heavy atom. The van der Waals surface area contributed by atoms with Crippen LogP contribution in [-0.4, -0.2) is 11.9 Å². The Kier molecular flexibility index (Phi) is 4.68. The van der Waals surface area contributed by atoms with E-state index in [0.717, 1.165) is 24.2 Å². The molecule has 2 aliphatic carbocycles. The van der Waals surface area contributed by atoms with Crippen LogP contribution in [0.5, 0.6) is 0 Å². The number of nitrogens with one attached hydrogen (secondary N) is 2. The molecule has 5 unspecified atom stereocenters. The molecule has 4 rings (SSSR count). The van der Waals surface area contributed by atoms with Crippen molar-refractivity contribution in [2.75, 3.05) is 10.6 Å². The minimum absolute atomic E-state index is 0.0235. The molecule has 26 heavy (non-hydrogen) atoms. The fourth-order valence-electron chi connectivity index (χ4n) is 4.68. The molecule has 4 heteroatoms. The van der Waals surface area contributed by atoms with Crippen molar-refractivity contribution in [3.8, 4) is 0 Å². The van der Waals surface area contributed by atoms with Crippen molar-refractivity contribution in [2.45, 2.75) is 38.3 Å². The van der Waals surface area contributed by atoms with Crippen LogP contribution in [0.15, 0.2) is 54.6 Å². The SMILES string of the molecule is CC(Nc1ccc(NC(=O)C2C3CCC(C3)C2N)cc1)c1ccccc1. The van der Waals surface area contributed by atoms with E-state index in [1.807, 2.05) is 42.5 Å². The van der Waals surface area contributed by atoms with E-state index in [1.165, 1.54) is 12.0 Å². The fourth-order valence-corrected chi connectivity index (χ4v) is 4.68. The van der Waals surface area contributed by atoms with Crippen LogP contribution in [0, 0.1) is 17.8 Å². The van der Waals surface area contributed by atoms with Crippen LogP contribution < -0.4 is 16.4 Å². The smallest absolute Gasteiger partial charge is 0.229 e. The summed E-state index contributed by atoms with van der Waals surface area (Å²) < 4.78 is 0. The first kappa shape index (κ1) is 17.1. The Morgan fingerprint density at radius 3 is 2.31 bits per heavy atom. The largest absolute Gasteiger partial charge is 0.379 e. The molecule has 5 atom stereocenters. The monoisotopic (exact) mass is 349 g/mol. The molecule has 0 aliphatic heterocycles. The Balaban J connectivity index is 1.36. The van der Waals surface area contributed by atoms with Gasteiger partial charge < -0.3 is 16.4 Å². The van der Waals surface area contributed by atoms with E-state index in [4.69, 9.17) is 5.73 Å². The van der Waals surface area contributed by atoms with Crippen molar-refractivity contribution < 1.29 is 4.79 Å². The molecule has 136 valence electrons. The van der Waals surface area contributed by atoms with Crippen LogP contribution in [0.25, 0.3) is 0 Å². The van der Waals surface area contributed by atoms with Crippen LogP contribution in [0.3, 0.4) is 0 Å². The molecular formula is C22H27N3O. The lowest BCUT2D eigenvalue weighted by Gasteiger charge is -2.27. The number of hydrogen-bond acceptors (Lipinski definition) is 3. The maximum absolute atomic E-state index is 12.7. The highest BCUT2D eigenvalue weighted by Crippen LogP contribution is 2.47. The number of anilines is 2. The van der Waals surface area contributed by atoms with Crippen molar-refractivity contribution in [3.05, 3.63) is 60.2 Å². The normalized spacial score (nSPS) is 27.9. The second kappa shape index (κ2) is 7.12. The molecule has 0 heterocycles. The molecular weight excluding hydrogens is 322 g/mol. The van der Waals surface area contributed by atoms with Gasteiger partial charge in [0.15, 0.2) is 0 Å². The van der Waals surface area contributed by atoms with Crippen LogP contribution in [0.4, 0.5) is 11.4 Å². The molecule has 0 saturated heterocycles. The number of fused-ring (bicyclic) bond motifs is 2. The number of nitrogens with two attached hydrogens (primary N) is 1. The van der Waals surface area contributed by atoms with E-state index in [-0.39, 0.29) is 23.9 Å². The second-order valence-corrected chi connectivity index (χ2v) is 7.78. The molecule has 2 aromatic carbocycles. The van der Waals surface area contributed by atoms with Gasteiger partial charge in [0.05, 0.1) is 5.92 Å². The molecule has 2 saturated carbocycles. The van der Waals surface area contributed by atoms with Crippen molar-refractivity contribution in [2.24, 2.45) is 23.5 Å². The molecule has 1 amide bonds. The maximum atomic E-state index is 12.7. The van der Waals surface area contributed by atoms with E-state index in [0.29, 0.717) is 11.8 Å². The average Bonchev–Trinajstić information content (AvgIpc) is 3.25. The first-order chi connectivity index (χ1) is 12.6. The molecule has 0 radical (unpaired) electrons. The quantitative estimate of drug-likeness (QED) is 0.759. The number of hydrogen-bond donors (Lipinski definition) is 3. The summed E-state index contributed by atoms with van der Waals surface area (Å²) >= 11 is 0. The van der Waals surface area contributed by atoms with Gasteiger partial charge in [0.2, 0.25) is 5.91 Å². The van der Waals surface area contributed by atoms with E-state index >= 15 is 0 Å². The standard InChI is InChI=1S/C22H27N3O/c1-14(15-5-3-2-4-6-15)24-18-9-11-19(12-10-18)25-22(26)20-16-7-8-17(13-16)21(20)23/h2-6,9-12,14,16-17,20-21,24H,7-8,13,23H2,1H3,(H,25,26). The average molecular weight is 349 g/mol. The van der Waals surface area contributed by atoms with Crippen molar-refractivity contribution in [1.29, 1.82) is 0 Å². The summed E-state index contributed by atoms with van der Waals surface area (Å²) in [4.78, 5) is 12.7. The van der Waals surface area contributed by atoms with Crippen LogP contribution in [-0.2, 0) is 4.79 Å². The fraction of sp³-hybridized carbons (Fsp3) is 0.409. The number of rotatable bonds is 5. The van der Waals surface area contributed by atoms with Gasteiger partial charge in [-0.3, -0.25) is 4.79 Å². The minimum atomic E-state index is -0.0235. The highest BCUT2D eigenvalue weighted by atomic mass is 16.2. The van der Waals surface area contributed by atoms with Gasteiger partial charge >= 0.3 is 0 Å². The van der Waals surface area contributed by atoms with Gasteiger partial charge in [-0.2, -0.15) is 0 Å². The summed E-state index contributed by atoms with van der Waals surface area (Å²) in [6.45, 7) is 2.14. The van der Waals surface area contributed by atoms with Gasteiger partial charge in [-0.15, -0.1) is 0 Å².